The fraction of sp³-hybridized carbons (Fsp3) is 0.368. The van der Waals surface area contributed by atoms with Gasteiger partial charge in [0.15, 0.2) is 0 Å². The molecule has 0 aliphatic heterocycles. The van der Waals surface area contributed by atoms with Gasteiger partial charge in [-0.15, -0.1) is 0 Å². The average Bonchev–Trinajstić information content (AvgIpc) is 2.58. The number of pyridine rings is 1. The lowest BCUT2D eigenvalue weighted by atomic mass is 10.0. The molecule has 1 heterocycles. The average molecular weight is 311 g/mol. The van der Waals surface area contributed by atoms with E-state index in [1.165, 1.54) is 5.56 Å². The van der Waals surface area contributed by atoms with Gasteiger partial charge < -0.3 is 10.6 Å². The molecule has 0 atom stereocenters. The molecule has 1 amide bonds. The summed E-state index contributed by atoms with van der Waals surface area (Å²) in [5.41, 5.74) is 2.27. The molecule has 2 N–H and O–H groups in total. The molecule has 0 saturated heterocycles. The zero-order valence-electron chi connectivity index (χ0n) is 13.9. The Balaban J connectivity index is 1.81. The van der Waals surface area contributed by atoms with Crippen LogP contribution in [0.1, 0.15) is 32.3 Å². The van der Waals surface area contributed by atoms with E-state index in [1.807, 2.05) is 44.2 Å². The lowest BCUT2D eigenvalue weighted by molar-refractivity contribution is -0.120. The van der Waals surface area contributed by atoms with Crippen molar-refractivity contribution >= 4 is 17.4 Å². The maximum atomic E-state index is 12.0. The van der Waals surface area contributed by atoms with Crippen molar-refractivity contribution in [3.63, 3.8) is 0 Å². The summed E-state index contributed by atoms with van der Waals surface area (Å²) in [5.74, 6) is 0.711. The molecule has 0 bridgehead atoms. The number of rotatable bonds is 8. The van der Waals surface area contributed by atoms with Gasteiger partial charge in [-0.3, -0.25) is 4.79 Å². The second-order valence-corrected chi connectivity index (χ2v) is 5.60. The molecule has 23 heavy (non-hydrogen) atoms. The van der Waals surface area contributed by atoms with E-state index in [2.05, 4.69) is 27.8 Å². The summed E-state index contributed by atoms with van der Waals surface area (Å²) in [6, 6.07) is 14.1. The summed E-state index contributed by atoms with van der Waals surface area (Å²) in [5, 5.41) is 6.22. The molecule has 0 saturated carbocycles. The number of aromatic nitrogens is 1. The fourth-order valence-corrected chi connectivity index (χ4v) is 2.46. The molecule has 2 aromatic rings. The van der Waals surface area contributed by atoms with E-state index < -0.39 is 0 Å². The predicted molar refractivity (Wildman–Crippen MR) is 95.6 cm³/mol. The van der Waals surface area contributed by atoms with Crippen molar-refractivity contribution in [2.45, 2.75) is 33.1 Å². The Hall–Kier alpha value is -2.36. The molecule has 0 aliphatic rings. The van der Waals surface area contributed by atoms with Crippen molar-refractivity contribution < 1.29 is 4.79 Å². The van der Waals surface area contributed by atoms with Crippen molar-refractivity contribution in [3.05, 3.63) is 54.2 Å². The first-order valence-corrected chi connectivity index (χ1v) is 8.27. The topological polar surface area (TPSA) is 54.0 Å². The largest absolute Gasteiger partial charge is 0.383 e. The van der Waals surface area contributed by atoms with Gasteiger partial charge in [0.2, 0.25) is 5.91 Å². The maximum absolute atomic E-state index is 12.0. The highest BCUT2D eigenvalue weighted by Gasteiger charge is 2.14. The van der Waals surface area contributed by atoms with Gasteiger partial charge in [0.25, 0.3) is 0 Å². The van der Waals surface area contributed by atoms with Crippen LogP contribution in [0.2, 0.25) is 0 Å². The number of hydrogen-bond donors (Lipinski definition) is 2. The van der Waals surface area contributed by atoms with Gasteiger partial charge in [-0.2, -0.15) is 0 Å². The number of nitrogens with one attached hydrogen (secondary N) is 2. The van der Waals surface area contributed by atoms with Crippen molar-refractivity contribution in [1.29, 1.82) is 0 Å². The normalized spacial score (nSPS) is 10.6. The van der Waals surface area contributed by atoms with Crippen LogP contribution in [0.15, 0.2) is 48.7 Å². The summed E-state index contributed by atoms with van der Waals surface area (Å²) in [6.45, 7) is 4.91. The van der Waals surface area contributed by atoms with E-state index in [-0.39, 0.29) is 11.8 Å². The zero-order chi connectivity index (χ0) is 16.5. The lowest BCUT2D eigenvalue weighted by Gasteiger charge is -2.12. The standard InChI is InChI=1S/C19H25N3O/c1-3-16(4-2)19(23)22-18-11-10-17(14-21-18)20-13-12-15-8-6-5-7-9-15/h5-11,14,16,20H,3-4,12-13H2,1-2H3,(H,21,22,23). The van der Waals surface area contributed by atoms with Gasteiger partial charge in [0.05, 0.1) is 11.9 Å². The first kappa shape index (κ1) is 17.0. The number of anilines is 2. The highest BCUT2D eigenvalue weighted by molar-refractivity contribution is 5.91. The Morgan fingerprint density at radius 2 is 1.83 bits per heavy atom. The van der Waals surface area contributed by atoms with Crippen molar-refractivity contribution in [2.75, 3.05) is 17.2 Å². The van der Waals surface area contributed by atoms with Crippen LogP contribution in [-0.2, 0) is 11.2 Å². The second kappa shape index (κ2) is 8.93. The first-order chi connectivity index (χ1) is 11.2. The molecule has 2 rings (SSSR count). The van der Waals surface area contributed by atoms with Crippen LogP contribution in [0.4, 0.5) is 11.5 Å². The van der Waals surface area contributed by atoms with Crippen LogP contribution >= 0.6 is 0 Å². The van der Waals surface area contributed by atoms with Gasteiger partial charge in [-0.05, 0) is 37.0 Å². The Labute approximate surface area is 138 Å². The van der Waals surface area contributed by atoms with E-state index in [4.69, 9.17) is 0 Å². The Bertz CT molecular complexity index is 592. The van der Waals surface area contributed by atoms with E-state index >= 15 is 0 Å². The second-order valence-electron chi connectivity index (χ2n) is 5.60. The molecule has 1 aromatic heterocycles. The van der Waals surface area contributed by atoms with Gasteiger partial charge in [-0.1, -0.05) is 44.2 Å². The highest BCUT2D eigenvalue weighted by Crippen LogP contribution is 2.14. The van der Waals surface area contributed by atoms with Gasteiger partial charge in [-0.25, -0.2) is 4.98 Å². The molecule has 0 fully saturated rings. The monoisotopic (exact) mass is 311 g/mol. The number of carbonyl (C=O) groups is 1. The third kappa shape index (κ3) is 5.40. The molecule has 0 unspecified atom stereocenters. The van der Waals surface area contributed by atoms with Gasteiger partial charge >= 0.3 is 0 Å². The smallest absolute Gasteiger partial charge is 0.228 e. The lowest BCUT2D eigenvalue weighted by Crippen LogP contribution is -2.22. The summed E-state index contributed by atoms with van der Waals surface area (Å²) in [6.07, 6.45) is 4.42. The van der Waals surface area contributed by atoms with Crippen LogP contribution in [0.5, 0.6) is 0 Å². The van der Waals surface area contributed by atoms with Crippen LogP contribution in [0, 0.1) is 5.92 Å². The SMILES string of the molecule is CCC(CC)C(=O)Nc1ccc(NCCc2ccccc2)cn1. The molecule has 122 valence electrons. The highest BCUT2D eigenvalue weighted by atomic mass is 16.1. The van der Waals surface area contributed by atoms with E-state index in [9.17, 15) is 4.79 Å². The molecule has 1 aromatic carbocycles. The van der Waals surface area contributed by atoms with Gasteiger partial charge in [0, 0.05) is 12.5 Å². The minimum atomic E-state index is 0.0484. The molecular formula is C19H25N3O. The molecule has 0 aliphatic carbocycles. The third-order valence-electron chi connectivity index (χ3n) is 3.96. The van der Waals surface area contributed by atoms with Crippen LogP contribution in [-0.4, -0.2) is 17.4 Å². The Morgan fingerprint density at radius 3 is 2.43 bits per heavy atom. The summed E-state index contributed by atoms with van der Waals surface area (Å²) < 4.78 is 0. The van der Waals surface area contributed by atoms with E-state index in [0.717, 1.165) is 31.5 Å². The molecule has 4 nitrogen and oxygen atoms in total. The minimum absolute atomic E-state index is 0.0484. The quantitative estimate of drug-likeness (QED) is 0.771. The zero-order valence-corrected chi connectivity index (χ0v) is 13.9. The minimum Gasteiger partial charge on any atom is -0.383 e. The first-order valence-electron chi connectivity index (χ1n) is 8.27. The van der Waals surface area contributed by atoms with E-state index in [1.54, 1.807) is 6.20 Å². The van der Waals surface area contributed by atoms with Crippen molar-refractivity contribution in [1.82, 2.24) is 4.98 Å². The number of benzene rings is 1. The molecule has 4 heteroatoms. The number of nitrogens with zero attached hydrogens (tertiary/aromatic N) is 1. The van der Waals surface area contributed by atoms with Crippen LogP contribution in [0.3, 0.4) is 0 Å². The maximum Gasteiger partial charge on any atom is 0.228 e. The van der Waals surface area contributed by atoms with Crippen molar-refractivity contribution in [2.24, 2.45) is 5.92 Å². The van der Waals surface area contributed by atoms with Crippen molar-refractivity contribution in [3.8, 4) is 0 Å². The number of amides is 1. The van der Waals surface area contributed by atoms with Crippen LogP contribution in [0.25, 0.3) is 0 Å². The number of carbonyl (C=O) groups excluding carboxylic acids is 1. The molecule has 0 radical (unpaired) electrons. The molecular weight excluding hydrogens is 286 g/mol. The van der Waals surface area contributed by atoms with Gasteiger partial charge in [0.1, 0.15) is 5.82 Å². The predicted octanol–water partition coefficient (Wildman–Crippen LogP) is 4.11. The van der Waals surface area contributed by atoms with Crippen LogP contribution < -0.4 is 10.6 Å². The Kier molecular flexibility index (Phi) is 6.60. The number of hydrogen-bond acceptors (Lipinski definition) is 3. The summed E-state index contributed by atoms with van der Waals surface area (Å²) in [7, 11) is 0. The third-order valence-corrected chi connectivity index (χ3v) is 3.96. The Morgan fingerprint density at radius 1 is 1.09 bits per heavy atom. The fourth-order valence-electron chi connectivity index (χ4n) is 2.46. The summed E-state index contributed by atoms with van der Waals surface area (Å²) in [4.78, 5) is 16.3. The van der Waals surface area contributed by atoms with E-state index in [0.29, 0.717) is 5.82 Å². The molecule has 0 spiro atoms. The summed E-state index contributed by atoms with van der Waals surface area (Å²) >= 11 is 0.